The second-order valence-corrected chi connectivity index (χ2v) is 6.38. The van der Waals surface area contributed by atoms with Crippen LogP contribution in [0.15, 0.2) is 42.6 Å². The number of hydrogen-bond acceptors (Lipinski definition) is 5. The summed E-state index contributed by atoms with van der Waals surface area (Å²) in [4.78, 5) is 13.4. The van der Waals surface area contributed by atoms with Crippen LogP contribution >= 0.6 is 11.6 Å². The van der Waals surface area contributed by atoms with Gasteiger partial charge in [0.1, 0.15) is 5.69 Å². The van der Waals surface area contributed by atoms with Crippen molar-refractivity contribution >= 4 is 23.1 Å². The molecular formula is C17H17ClN6. The van der Waals surface area contributed by atoms with Gasteiger partial charge in [-0.15, -0.1) is 5.10 Å². The molecule has 1 aliphatic heterocycles. The van der Waals surface area contributed by atoms with Gasteiger partial charge in [-0.3, -0.25) is 0 Å². The van der Waals surface area contributed by atoms with Gasteiger partial charge in [0.05, 0.1) is 23.8 Å². The van der Waals surface area contributed by atoms with Gasteiger partial charge in [0.2, 0.25) is 0 Å². The van der Waals surface area contributed by atoms with Gasteiger partial charge in [-0.05, 0) is 38.4 Å². The largest absolute Gasteiger partial charge is 0.316 e. The van der Waals surface area contributed by atoms with E-state index in [0.29, 0.717) is 18.1 Å². The second kappa shape index (κ2) is 5.89. The Morgan fingerprint density at radius 1 is 1.12 bits per heavy atom. The zero-order valence-electron chi connectivity index (χ0n) is 13.5. The molecule has 0 radical (unpaired) electrons. The molecule has 0 atom stereocenters. The number of benzene rings is 1. The highest BCUT2D eigenvalue weighted by Crippen LogP contribution is 2.37. The van der Waals surface area contributed by atoms with Crippen molar-refractivity contribution in [2.75, 3.05) is 19.0 Å². The molecular weight excluding hydrogens is 324 g/mol. The van der Waals surface area contributed by atoms with E-state index >= 15 is 0 Å². The smallest absolute Gasteiger partial charge is 0.165 e. The molecule has 0 bridgehead atoms. The maximum atomic E-state index is 6.41. The summed E-state index contributed by atoms with van der Waals surface area (Å²) in [6, 6.07) is 11.7. The van der Waals surface area contributed by atoms with Crippen LogP contribution in [-0.2, 0) is 13.1 Å². The quantitative estimate of drug-likeness (QED) is 0.733. The van der Waals surface area contributed by atoms with Crippen molar-refractivity contribution in [3.8, 4) is 5.69 Å². The van der Waals surface area contributed by atoms with E-state index in [0.717, 1.165) is 28.8 Å². The highest BCUT2D eigenvalue weighted by molar-refractivity contribution is 6.33. The Balaban J connectivity index is 1.84. The van der Waals surface area contributed by atoms with E-state index in [9.17, 15) is 0 Å². The lowest BCUT2D eigenvalue weighted by molar-refractivity contribution is 0.390. The number of para-hydroxylation sites is 1. The number of hydrogen-bond donors (Lipinski definition) is 0. The lowest BCUT2D eigenvalue weighted by atomic mass is 10.2. The normalized spacial score (nSPS) is 13.1. The van der Waals surface area contributed by atoms with Gasteiger partial charge in [0, 0.05) is 6.20 Å². The number of fused-ring (bicyclic) bond motifs is 3. The summed E-state index contributed by atoms with van der Waals surface area (Å²) in [6.07, 6.45) is 1.78. The van der Waals surface area contributed by atoms with Gasteiger partial charge in [-0.1, -0.05) is 23.7 Å². The molecule has 0 spiro atoms. The summed E-state index contributed by atoms with van der Waals surface area (Å²) in [5, 5.41) is 5.34. The maximum Gasteiger partial charge on any atom is 0.165 e. The molecule has 122 valence electrons. The van der Waals surface area contributed by atoms with Crippen LogP contribution in [0.1, 0.15) is 11.6 Å². The minimum absolute atomic E-state index is 0.578. The van der Waals surface area contributed by atoms with Crippen molar-refractivity contribution in [2.45, 2.75) is 13.1 Å². The first-order valence-electron chi connectivity index (χ1n) is 7.70. The van der Waals surface area contributed by atoms with Crippen LogP contribution < -0.4 is 4.90 Å². The highest BCUT2D eigenvalue weighted by Gasteiger charge is 2.28. The highest BCUT2D eigenvalue weighted by atomic mass is 35.5. The lowest BCUT2D eigenvalue weighted by Crippen LogP contribution is -2.27. The van der Waals surface area contributed by atoms with Gasteiger partial charge in [0.15, 0.2) is 17.5 Å². The molecule has 7 heteroatoms. The summed E-state index contributed by atoms with van der Waals surface area (Å²) in [6.45, 7) is 1.27. The van der Waals surface area contributed by atoms with Crippen LogP contribution in [0.5, 0.6) is 0 Å². The van der Waals surface area contributed by atoms with Gasteiger partial charge in [-0.25, -0.2) is 14.6 Å². The Labute approximate surface area is 145 Å². The molecule has 0 N–H and O–H groups in total. The molecule has 0 aliphatic carbocycles. The third-order valence-electron chi connectivity index (χ3n) is 3.87. The van der Waals surface area contributed by atoms with Gasteiger partial charge >= 0.3 is 0 Å². The molecule has 1 aromatic carbocycles. The summed E-state index contributed by atoms with van der Waals surface area (Å²) >= 11 is 6.41. The first-order valence-corrected chi connectivity index (χ1v) is 8.08. The zero-order valence-corrected chi connectivity index (χ0v) is 14.3. The predicted octanol–water partition coefficient (Wildman–Crippen LogP) is 3.03. The number of pyridine rings is 1. The van der Waals surface area contributed by atoms with Crippen LogP contribution in [0, 0.1) is 0 Å². The molecule has 4 rings (SSSR count). The molecule has 0 fully saturated rings. The SMILES string of the molecule is CN(C)Cc1nc2n(n1)-c1cccnc1N(c1ccccc1Cl)C2. The standard InChI is InChI=1S/C17H17ClN6/c1-22(2)10-15-20-16-11-23(13-7-4-3-6-12(13)18)17-14(24(16)21-15)8-5-9-19-17/h3-9H,10-11H2,1-2H3. The number of halogens is 1. The maximum absolute atomic E-state index is 6.41. The second-order valence-electron chi connectivity index (χ2n) is 5.98. The molecule has 3 aromatic rings. The Morgan fingerprint density at radius 3 is 2.71 bits per heavy atom. The van der Waals surface area contributed by atoms with Gasteiger partial charge in [-0.2, -0.15) is 0 Å². The van der Waals surface area contributed by atoms with E-state index in [4.69, 9.17) is 16.6 Å². The van der Waals surface area contributed by atoms with E-state index in [2.05, 4.69) is 19.9 Å². The fourth-order valence-electron chi connectivity index (χ4n) is 2.88. The molecule has 1 aliphatic rings. The summed E-state index contributed by atoms with van der Waals surface area (Å²) in [7, 11) is 4.01. The molecule has 24 heavy (non-hydrogen) atoms. The molecule has 0 saturated carbocycles. The van der Waals surface area contributed by atoms with E-state index in [1.54, 1.807) is 6.20 Å². The Morgan fingerprint density at radius 2 is 1.92 bits per heavy atom. The van der Waals surface area contributed by atoms with Crippen molar-refractivity contribution in [1.82, 2.24) is 24.6 Å². The Kier molecular flexibility index (Phi) is 3.70. The van der Waals surface area contributed by atoms with E-state index < -0.39 is 0 Å². The molecule has 0 unspecified atom stereocenters. The average molecular weight is 341 g/mol. The molecule has 0 amide bonds. The number of anilines is 2. The fourth-order valence-corrected chi connectivity index (χ4v) is 3.12. The van der Waals surface area contributed by atoms with Crippen molar-refractivity contribution < 1.29 is 0 Å². The van der Waals surface area contributed by atoms with E-state index in [1.807, 2.05) is 55.2 Å². The lowest BCUT2D eigenvalue weighted by Gasteiger charge is -2.30. The predicted molar refractivity (Wildman–Crippen MR) is 93.8 cm³/mol. The Bertz CT molecular complexity index is 888. The minimum Gasteiger partial charge on any atom is -0.316 e. The zero-order chi connectivity index (χ0) is 16.7. The van der Waals surface area contributed by atoms with Crippen molar-refractivity contribution in [3.63, 3.8) is 0 Å². The van der Waals surface area contributed by atoms with Crippen molar-refractivity contribution in [1.29, 1.82) is 0 Å². The summed E-state index contributed by atoms with van der Waals surface area (Å²) in [5.41, 5.74) is 1.83. The number of nitrogens with zero attached hydrogens (tertiary/aromatic N) is 6. The first-order chi connectivity index (χ1) is 11.6. The molecule has 0 saturated heterocycles. The van der Waals surface area contributed by atoms with E-state index in [1.165, 1.54) is 0 Å². The van der Waals surface area contributed by atoms with Crippen LogP contribution in [0.25, 0.3) is 5.69 Å². The van der Waals surface area contributed by atoms with E-state index in [-0.39, 0.29) is 0 Å². The fraction of sp³-hybridized carbons (Fsp3) is 0.235. The van der Waals surface area contributed by atoms with Crippen molar-refractivity contribution in [2.24, 2.45) is 0 Å². The summed E-state index contributed by atoms with van der Waals surface area (Å²) in [5.74, 6) is 2.51. The monoisotopic (exact) mass is 340 g/mol. The average Bonchev–Trinajstić information content (AvgIpc) is 2.96. The molecule has 3 heterocycles. The van der Waals surface area contributed by atoms with Gasteiger partial charge in [0.25, 0.3) is 0 Å². The molecule has 6 nitrogen and oxygen atoms in total. The van der Waals surface area contributed by atoms with Crippen LogP contribution in [0.4, 0.5) is 11.5 Å². The Hall–Kier alpha value is -2.44. The first kappa shape index (κ1) is 15.1. The third kappa shape index (κ3) is 2.53. The summed E-state index contributed by atoms with van der Waals surface area (Å²) < 4.78 is 1.88. The van der Waals surface area contributed by atoms with Crippen LogP contribution in [-0.4, -0.2) is 38.7 Å². The third-order valence-corrected chi connectivity index (χ3v) is 4.19. The topological polar surface area (TPSA) is 50.1 Å². The molecule has 2 aromatic heterocycles. The number of aromatic nitrogens is 4. The number of rotatable bonds is 3. The van der Waals surface area contributed by atoms with Crippen LogP contribution in [0.3, 0.4) is 0 Å². The van der Waals surface area contributed by atoms with Gasteiger partial charge < -0.3 is 9.80 Å². The van der Waals surface area contributed by atoms with Crippen molar-refractivity contribution in [3.05, 3.63) is 59.3 Å². The minimum atomic E-state index is 0.578. The van der Waals surface area contributed by atoms with Crippen LogP contribution in [0.2, 0.25) is 5.02 Å².